The quantitative estimate of drug-likeness (QED) is 0.113. The number of pyridine rings is 3. The summed E-state index contributed by atoms with van der Waals surface area (Å²) in [6.45, 7) is 0. The molecule has 3 aromatic heterocycles. The Labute approximate surface area is 218 Å². The predicted molar refractivity (Wildman–Crippen MR) is 139 cm³/mol. The van der Waals surface area contributed by atoms with Crippen LogP contribution in [-0.2, 0) is 17.1 Å². The van der Waals surface area contributed by atoms with Gasteiger partial charge in [0.1, 0.15) is 5.75 Å². The third kappa shape index (κ3) is 7.66. The SMILES string of the molecule is COc1cccc(/C=N\[N-]C(=[OH+])c2ccncc2)c1.O.O.[Cu+2].c1cnc2c(c1)ccc1cccnc12. The number of hydrogen-bond donors (Lipinski definition) is 0. The summed E-state index contributed by atoms with van der Waals surface area (Å²) in [6, 6.07) is 22.8. The van der Waals surface area contributed by atoms with E-state index in [-0.39, 0.29) is 33.9 Å². The number of aromatic nitrogens is 3. The van der Waals surface area contributed by atoms with Gasteiger partial charge in [-0.15, -0.1) is 0 Å². The van der Waals surface area contributed by atoms with Crippen LogP contribution in [0, 0.1) is 0 Å². The molecule has 5 N–H and O–H groups in total. The normalized spacial score (nSPS) is 9.69. The van der Waals surface area contributed by atoms with Gasteiger partial charge in [-0.1, -0.05) is 36.4 Å². The molecule has 5 aromatic rings. The number of ether oxygens (including phenoxy) is 1. The van der Waals surface area contributed by atoms with Crippen molar-refractivity contribution in [3.8, 4) is 5.75 Å². The first-order valence-electron chi connectivity index (χ1n) is 10.2. The van der Waals surface area contributed by atoms with Crippen LogP contribution in [0.15, 0.2) is 103 Å². The van der Waals surface area contributed by atoms with E-state index in [0.29, 0.717) is 5.56 Å². The van der Waals surface area contributed by atoms with Crippen molar-refractivity contribution in [1.29, 1.82) is 0 Å². The Hall–Kier alpha value is -4.21. The Bertz CT molecular complexity index is 1360. The van der Waals surface area contributed by atoms with E-state index in [1.54, 1.807) is 50.2 Å². The third-order valence-electron chi connectivity index (χ3n) is 4.74. The molecule has 0 aliphatic heterocycles. The molecule has 0 fully saturated rings. The zero-order chi connectivity index (χ0) is 22.9. The predicted octanol–water partition coefficient (Wildman–Crippen LogP) is 3.48. The van der Waals surface area contributed by atoms with E-state index >= 15 is 0 Å². The number of rotatable bonds is 4. The first-order valence-corrected chi connectivity index (χ1v) is 10.2. The number of carbonyl (C=O) groups excluding carboxylic acids is 1. The van der Waals surface area contributed by atoms with Gasteiger partial charge in [-0.3, -0.25) is 19.7 Å². The molecule has 3 heterocycles. The zero-order valence-electron chi connectivity index (χ0n) is 19.2. The van der Waals surface area contributed by atoms with Crippen LogP contribution >= 0.6 is 0 Å². The van der Waals surface area contributed by atoms with Crippen molar-refractivity contribution < 1.29 is 37.6 Å². The van der Waals surface area contributed by atoms with Gasteiger partial charge in [-0.2, -0.15) is 0 Å². The molecule has 2 aromatic carbocycles. The van der Waals surface area contributed by atoms with E-state index in [1.165, 1.54) is 0 Å². The van der Waals surface area contributed by atoms with Gasteiger partial charge in [0.2, 0.25) is 0 Å². The van der Waals surface area contributed by atoms with Crippen LogP contribution in [0.3, 0.4) is 0 Å². The Morgan fingerprint density at radius 3 is 2.03 bits per heavy atom. The minimum absolute atomic E-state index is 0. The average molecular weight is 535 g/mol. The van der Waals surface area contributed by atoms with Gasteiger partial charge in [0.25, 0.3) is 5.91 Å². The van der Waals surface area contributed by atoms with Crippen LogP contribution in [0.2, 0.25) is 0 Å². The van der Waals surface area contributed by atoms with E-state index in [1.807, 2.05) is 36.4 Å². The van der Waals surface area contributed by atoms with E-state index in [9.17, 15) is 4.79 Å². The molecular weight excluding hydrogens is 510 g/mol. The maximum atomic E-state index is 9.68. The third-order valence-corrected chi connectivity index (χ3v) is 4.74. The second kappa shape index (κ2) is 14.9. The topological polar surface area (TPSA) is 159 Å². The maximum absolute atomic E-state index is 9.68. The molecule has 10 heteroatoms. The molecule has 0 unspecified atom stereocenters. The summed E-state index contributed by atoms with van der Waals surface area (Å²) in [7, 11) is 1.60. The van der Waals surface area contributed by atoms with Crippen LogP contribution in [0.4, 0.5) is 0 Å². The van der Waals surface area contributed by atoms with Gasteiger partial charge in [-0.05, 0) is 42.0 Å². The Kier molecular flexibility index (Phi) is 12.4. The largest absolute Gasteiger partial charge is 2.00 e. The van der Waals surface area contributed by atoms with Gasteiger partial charge >= 0.3 is 17.1 Å². The molecule has 187 valence electrons. The van der Waals surface area contributed by atoms with Crippen molar-refractivity contribution in [2.45, 2.75) is 0 Å². The molecule has 0 bridgehead atoms. The minimum Gasteiger partial charge on any atom is -0.497 e. The van der Waals surface area contributed by atoms with Gasteiger partial charge in [0.05, 0.1) is 23.7 Å². The van der Waals surface area contributed by atoms with Crippen LogP contribution in [0.1, 0.15) is 11.1 Å². The molecule has 0 saturated heterocycles. The molecule has 0 atom stereocenters. The summed E-state index contributed by atoms with van der Waals surface area (Å²) in [5.74, 6) is 0.591. The van der Waals surface area contributed by atoms with Crippen molar-refractivity contribution in [2.24, 2.45) is 5.10 Å². The second-order valence-corrected chi connectivity index (χ2v) is 6.90. The Morgan fingerprint density at radius 1 is 0.833 bits per heavy atom. The monoisotopic (exact) mass is 534 g/mol. The van der Waals surface area contributed by atoms with E-state index in [4.69, 9.17) is 4.74 Å². The minimum atomic E-state index is -0.151. The van der Waals surface area contributed by atoms with Crippen molar-refractivity contribution in [3.05, 3.63) is 114 Å². The van der Waals surface area contributed by atoms with Gasteiger partial charge in [-0.25, -0.2) is 0 Å². The molecule has 0 aliphatic rings. The molecular formula is C26H25CuN5O4+2. The smallest absolute Gasteiger partial charge is 0.497 e. The van der Waals surface area contributed by atoms with Crippen molar-refractivity contribution in [2.75, 3.05) is 7.11 Å². The summed E-state index contributed by atoms with van der Waals surface area (Å²) in [5, 5.41) is 6.11. The van der Waals surface area contributed by atoms with Crippen LogP contribution in [0.5, 0.6) is 5.75 Å². The van der Waals surface area contributed by atoms with E-state index < -0.39 is 0 Å². The van der Waals surface area contributed by atoms with Gasteiger partial charge < -0.3 is 26.2 Å². The van der Waals surface area contributed by atoms with Crippen molar-refractivity contribution >= 4 is 33.9 Å². The van der Waals surface area contributed by atoms with Crippen molar-refractivity contribution in [1.82, 2.24) is 15.0 Å². The van der Waals surface area contributed by atoms with Gasteiger partial charge in [0, 0.05) is 41.8 Å². The molecule has 0 saturated carbocycles. The van der Waals surface area contributed by atoms with E-state index in [0.717, 1.165) is 33.1 Å². The molecule has 0 aliphatic carbocycles. The Balaban J connectivity index is 0.000000343. The summed E-state index contributed by atoms with van der Waals surface area (Å²) in [4.78, 5) is 22.2. The summed E-state index contributed by atoms with van der Waals surface area (Å²) in [5.41, 5.74) is 7.08. The Morgan fingerprint density at radius 2 is 1.44 bits per heavy atom. The number of methoxy groups -OCH3 is 1. The molecule has 36 heavy (non-hydrogen) atoms. The maximum Gasteiger partial charge on any atom is 2.00 e. The summed E-state index contributed by atoms with van der Waals surface area (Å²) in [6.07, 6.45) is 8.30. The first-order chi connectivity index (χ1) is 16.2. The van der Waals surface area contributed by atoms with E-state index in [2.05, 4.69) is 49.7 Å². The molecule has 1 radical (unpaired) electrons. The summed E-state index contributed by atoms with van der Waals surface area (Å²) < 4.78 is 5.10. The second-order valence-electron chi connectivity index (χ2n) is 6.90. The fraction of sp³-hybridized carbons (Fsp3) is 0.0385. The molecule has 5 rings (SSSR count). The first kappa shape index (κ1) is 29.8. The fourth-order valence-corrected chi connectivity index (χ4v) is 3.11. The number of amides is 1. The molecule has 9 nitrogen and oxygen atoms in total. The summed E-state index contributed by atoms with van der Waals surface area (Å²) >= 11 is 0. The number of benzene rings is 2. The van der Waals surface area contributed by atoms with Crippen molar-refractivity contribution in [3.63, 3.8) is 0 Å². The fourth-order valence-electron chi connectivity index (χ4n) is 3.11. The van der Waals surface area contributed by atoms with Crippen LogP contribution < -0.4 is 4.74 Å². The molecule has 0 spiro atoms. The number of hydrogen-bond acceptors (Lipinski definition) is 5. The standard InChI is InChI=1S/C14H13N3O2.C12H8N2.Cu.2H2O/c1-19-13-4-2-3-11(9-13)10-16-17-14(18)12-5-7-15-8-6-12;1-3-9-5-6-10-4-2-8-14-12(10)11(9)13-7-1;;;/h2-10H,1H3,(H,17,18);1-8H;;2*1H2/q;;+2;;/b16-10-;;;;. The average Bonchev–Trinajstić information content (AvgIpc) is 2.89. The van der Waals surface area contributed by atoms with Crippen LogP contribution in [-0.4, -0.2) is 49.9 Å². The molecule has 1 amide bonds. The zero-order valence-corrected chi connectivity index (χ0v) is 20.1. The van der Waals surface area contributed by atoms with Gasteiger partial charge in [0.15, 0.2) is 0 Å². The number of fused-ring (bicyclic) bond motifs is 3. The van der Waals surface area contributed by atoms with Crippen LogP contribution in [0.25, 0.3) is 27.2 Å². The number of nitrogens with zero attached hydrogens (tertiary/aromatic N) is 5.